The molecule has 12 heteroatoms. The van der Waals surface area contributed by atoms with E-state index in [-0.39, 0.29) is 22.1 Å². The third-order valence-electron chi connectivity index (χ3n) is 5.52. The molecule has 1 N–H and O–H groups in total. The lowest BCUT2D eigenvalue weighted by atomic mass is 10.2. The molecular weight excluding hydrogens is 488 g/mol. The number of carbonyl (C=O) groups excluding carboxylic acids is 1. The number of carbonyl (C=O) groups is 1. The van der Waals surface area contributed by atoms with E-state index in [0.717, 1.165) is 16.3 Å². The molecule has 184 valence electrons. The van der Waals surface area contributed by atoms with Crippen LogP contribution in [-0.4, -0.2) is 57.6 Å². The van der Waals surface area contributed by atoms with E-state index in [1.165, 1.54) is 38.0 Å². The summed E-state index contributed by atoms with van der Waals surface area (Å²) in [5, 5.41) is 12.3. The number of hydrogen-bond donors (Lipinski definition) is 1. The second-order valence-corrected chi connectivity index (χ2v) is 11.3. The summed E-state index contributed by atoms with van der Waals surface area (Å²) in [6, 6.07) is 11.9. The molecule has 0 fully saturated rings. The van der Waals surface area contributed by atoms with E-state index < -0.39 is 10.0 Å². The van der Waals surface area contributed by atoms with Crippen LogP contribution >= 0.6 is 11.8 Å². The Bertz CT molecular complexity index is 1590. The van der Waals surface area contributed by atoms with Crippen LogP contribution in [0.3, 0.4) is 0 Å². The molecule has 4 aromatic rings. The van der Waals surface area contributed by atoms with Gasteiger partial charge in [0.2, 0.25) is 21.7 Å². The maximum absolute atomic E-state index is 12.9. The average Bonchev–Trinajstić information content (AvgIpc) is 3.25. The Labute approximate surface area is 207 Å². The van der Waals surface area contributed by atoms with Crippen molar-refractivity contribution in [3.63, 3.8) is 0 Å². The number of fused-ring (bicyclic) bond motifs is 3. The molecular formula is C23H26N6O4S2. The number of aromatic nitrogens is 4. The van der Waals surface area contributed by atoms with Gasteiger partial charge in [-0.1, -0.05) is 36.9 Å². The molecule has 0 spiro atoms. The van der Waals surface area contributed by atoms with Crippen LogP contribution in [-0.2, 0) is 21.4 Å². The van der Waals surface area contributed by atoms with Crippen LogP contribution in [0.2, 0.25) is 0 Å². The lowest BCUT2D eigenvalue weighted by Crippen LogP contribution is -2.23. The molecule has 0 aliphatic carbocycles. The summed E-state index contributed by atoms with van der Waals surface area (Å²) in [7, 11) is -0.720. The van der Waals surface area contributed by atoms with Gasteiger partial charge in [0.1, 0.15) is 0 Å². The minimum atomic E-state index is -3.63. The van der Waals surface area contributed by atoms with Crippen molar-refractivity contribution in [2.75, 3.05) is 25.2 Å². The van der Waals surface area contributed by atoms with Crippen molar-refractivity contribution in [2.45, 2.75) is 36.9 Å². The van der Waals surface area contributed by atoms with Gasteiger partial charge in [-0.2, -0.15) is 0 Å². The molecule has 2 heterocycles. The number of para-hydroxylation sites is 1. The van der Waals surface area contributed by atoms with E-state index in [1.807, 2.05) is 25.1 Å². The quantitative estimate of drug-likeness (QED) is 0.359. The second kappa shape index (κ2) is 9.80. The molecule has 0 saturated heterocycles. The third kappa shape index (κ3) is 4.68. The zero-order valence-electron chi connectivity index (χ0n) is 19.8. The smallest absolute Gasteiger partial charge is 0.262 e. The van der Waals surface area contributed by atoms with Crippen LogP contribution in [0.25, 0.3) is 16.7 Å². The minimum Gasteiger partial charge on any atom is -0.325 e. The highest BCUT2D eigenvalue weighted by molar-refractivity contribution is 7.99. The van der Waals surface area contributed by atoms with Crippen LogP contribution in [0.5, 0.6) is 0 Å². The summed E-state index contributed by atoms with van der Waals surface area (Å²) >= 11 is 1.19. The third-order valence-corrected chi connectivity index (χ3v) is 8.26. The maximum atomic E-state index is 12.9. The molecule has 35 heavy (non-hydrogen) atoms. The van der Waals surface area contributed by atoms with Crippen LogP contribution in [0.15, 0.2) is 57.3 Å². The molecule has 0 aliphatic rings. The van der Waals surface area contributed by atoms with E-state index in [0.29, 0.717) is 34.1 Å². The molecule has 1 amide bonds. The van der Waals surface area contributed by atoms with Crippen LogP contribution in [0.1, 0.15) is 18.9 Å². The minimum absolute atomic E-state index is 0.0200. The topological polar surface area (TPSA) is 119 Å². The van der Waals surface area contributed by atoms with Crippen molar-refractivity contribution in [3.05, 3.63) is 58.4 Å². The number of sulfonamides is 1. The number of aryl methyl sites for hydroxylation is 2. The highest BCUT2D eigenvalue weighted by Gasteiger charge is 2.20. The lowest BCUT2D eigenvalue weighted by Gasteiger charge is -2.14. The number of rotatable bonds is 8. The molecule has 0 aliphatic heterocycles. The Morgan fingerprint density at radius 2 is 1.89 bits per heavy atom. The summed E-state index contributed by atoms with van der Waals surface area (Å²) in [5.74, 6) is 0.128. The van der Waals surface area contributed by atoms with Gasteiger partial charge in [-0.05, 0) is 43.2 Å². The van der Waals surface area contributed by atoms with Crippen molar-refractivity contribution >= 4 is 50.1 Å². The van der Waals surface area contributed by atoms with E-state index in [2.05, 4.69) is 15.5 Å². The van der Waals surface area contributed by atoms with Crippen molar-refractivity contribution < 1.29 is 13.2 Å². The Kier molecular flexibility index (Phi) is 6.97. The summed E-state index contributed by atoms with van der Waals surface area (Å²) < 4.78 is 29.4. The van der Waals surface area contributed by atoms with Crippen LogP contribution in [0.4, 0.5) is 5.69 Å². The van der Waals surface area contributed by atoms with Gasteiger partial charge in [0.25, 0.3) is 5.56 Å². The molecule has 0 atom stereocenters. The van der Waals surface area contributed by atoms with Crippen LogP contribution < -0.4 is 10.9 Å². The number of thioether (sulfide) groups is 1. The highest BCUT2D eigenvalue weighted by Crippen LogP contribution is 2.24. The Morgan fingerprint density at radius 3 is 2.60 bits per heavy atom. The molecule has 0 bridgehead atoms. The largest absolute Gasteiger partial charge is 0.325 e. The number of anilines is 1. The van der Waals surface area contributed by atoms with Gasteiger partial charge in [0.15, 0.2) is 5.16 Å². The van der Waals surface area contributed by atoms with Crippen molar-refractivity contribution in [3.8, 4) is 0 Å². The first kappa shape index (κ1) is 24.9. The monoisotopic (exact) mass is 514 g/mol. The number of nitrogens with one attached hydrogen (secondary N) is 1. The molecule has 2 aromatic carbocycles. The van der Waals surface area contributed by atoms with Gasteiger partial charge >= 0.3 is 0 Å². The van der Waals surface area contributed by atoms with Gasteiger partial charge < -0.3 is 5.32 Å². The molecule has 0 saturated carbocycles. The van der Waals surface area contributed by atoms with E-state index in [1.54, 1.807) is 28.0 Å². The van der Waals surface area contributed by atoms with Gasteiger partial charge in [-0.3, -0.25) is 18.6 Å². The van der Waals surface area contributed by atoms with E-state index in [4.69, 9.17) is 0 Å². The first-order valence-corrected chi connectivity index (χ1v) is 13.4. The zero-order chi connectivity index (χ0) is 25.3. The predicted molar refractivity (Wildman–Crippen MR) is 136 cm³/mol. The SMILES string of the molecule is CCCn1c(=O)c2ccccc2n2c(SCC(=O)Nc3cc(S(=O)(=O)N(C)C)ccc3C)nnc12. The summed E-state index contributed by atoms with van der Waals surface area (Å²) in [4.78, 5) is 25.8. The van der Waals surface area contributed by atoms with E-state index >= 15 is 0 Å². The number of benzene rings is 2. The highest BCUT2D eigenvalue weighted by atomic mass is 32.2. The number of hydrogen-bond acceptors (Lipinski definition) is 7. The number of amides is 1. The number of nitrogens with zero attached hydrogens (tertiary/aromatic N) is 5. The zero-order valence-corrected chi connectivity index (χ0v) is 21.5. The van der Waals surface area contributed by atoms with Crippen LogP contribution in [0, 0.1) is 6.92 Å². The summed E-state index contributed by atoms with van der Waals surface area (Å²) in [6.07, 6.45) is 0.758. The van der Waals surface area contributed by atoms with Crippen molar-refractivity contribution in [1.82, 2.24) is 23.5 Å². The molecule has 2 aromatic heterocycles. The van der Waals surface area contributed by atoms with Crippen molar-refractivity contribution in [1.29, 1.82) is 0 Å². The fourth-order valence-corrected chi connectivity index (χ4v) is 5.34. The molecule has 10 nitrogen and oxygen atoms in total. The van der Waals surface area contributed by atoms with Gasteiger partial charge in [-0.15, -0.1) is 10.2 Å². The standard InChI is InChI=1S/C23H26N6O4S2/c1-5-12-28-21(31)17-8-6-7-9-19(17)29-22(28)25-26-23(29)34-14-20(30)24-18-13-16(11-10-15(18)2)35(32,33)27(3)4/h6-11,13H,5,12,14H2,1-4H3,(H,24,30). The Hall–Kier alpha value is -3.22. The fraction of sp³-hybridized carbons (Fsp3) is 0.304. The molecule has 0 unspecified atom stereocenters. The Balaban J connectivity index is 1.62. The molecule has 0 radical (unpaired) electrons. The van der Waals surface area contributed by atoms with Crippen molar-refractivity contribution in [2.24, 2.45) is 0 Å². The lowest BCUT2D eigenvalue weighted by molar-refractivity contribution is -0.113. The average molecular weight is 515 g/mol. The Morgan fingerprint density at radius 1 is 1.14 bits per heavy atom. The second-order valence-electron chi connectivity index (χ2n) is 8.19. The first-order chi connectivity index (χ1) is 16.6. The summed E-state index contributed by atoms with van der Waals surface area (Å²) in [5.41, 5.74) is 1.71. The van der Waals surface area contributed by atoms with Gasteiger partial charge in [-0.25, -0.2) is 12.7 Å². The maximum Gasteiger partial charge on any atom is 0.262 e. The normalized spacial score (nSPS) is 12.0. The predicted octanol–water partition coefficient (Wildman–Crippen LogP) is 2.74. The van der Waals surface area contributed by atoms with Gasteiger partial charge in [0, 0.05) is 26.3 Å². The molecule has 4 rings (SSSR count). The van der Waals surface area contributed by atoms with Gasteiger partial charge in [0.05, 0.1) is 21.6 Å². The van der Waals surface area contributed by atoms with E-state index in [9.17, 15) is 18.0 Å². The fourth-order valence-electron chi connectivity index (χ4n) is 3.68. The summed E-state index contributed by atoms with van der Waals surface area (Å²) in [6.45, 7) is 4.27. The first-order valence-electron chi connectivity index (χ1n) is 11.0.